The Morgan fingerprint density at radius 2 is 1.71 bits per heavy atom. The van der Waals surface area contributed by atoms with Gasteiger partial charge in [0.2, 0.25) is 0 Å². The number of nitrogen functional groups attached to an aromatic ring is 1. The molecule has 0 spiro atoms. The predicted molar refractivity (Wildman–Crippen MR) is 72.1 cm³/mol. The fourth-order valence-electron chi connectivity index (χ4n) is 1.52. The Hall–Kier alpha value is -1.38. The van der Waals surface area contributed by atoms with E-state index in [0.717, 1.165) is 5.56 Å². The number of hydrogen-bond acceptors (Lipinski definition) is 2. The number of benzene rings is 2. The van der Waals surface area contributed by atoms with Gasteiger partial charge in [-0.15, -0.1) is 0 Å². The minimum atomic E-state index is 0.527. The summed E-state index contributed by atoms with van der Waals surface area (Å²) in [7, 11) is 0. The van der Waals surface area contributed by atoms with E-state index in [4.69, 9.17) is 33.7 Å². The van der Waals surface area contributed by atoms with Crippen LogP contribution in [0.15, 0.2) is 36.4 Å². The number of nitrogens with two attached hydrogens (primary N) is 1. The van der Waals surface area contributed by atoms with Gasteiger partial charge in [-0.3, -0.25) is 0 Å². The molecule has 0 radical (unpaired) electrons. The molecule has 88 valence electrons. The van der Waals surface area contributed by atoms with Crippen LogP contribution in [0.5, 0.6) is 11.5 Å². The number of aryl methyl sites for hydroxylation is 1. The van der Waals surface area contributed by atoms with E-state index < -0.39 is 0 Å². The molecule has 0 atom stereocenters. The van der Waals surface area contributed by atoms with E-state index in [1.165, 1.54) is 0 Å². The number of halogens is 2. The van der Waals surface area contributed by atoms with Gasteiger partial charge in [-0.25, -0.2) is 0 Å². The second-order valence-electron chi connectivity index (χ2n) is 3.70. The standard InChI is InChI=1S/C13H11Cl2NO/c1-8-3-2-4-12(16)13(8)17-11-6-9(14)5-10(15)7-11/h2-7H,16H2,1H3. The van der Waals surface area contributed by atoms with E-state index in [1.807, 2.05) is 19.1 Å². The summed E-state index contributed by atoms with van der Waals surface area (Å²) in [6, 6.07) is 10.6. The van der Waals surface area contributed by atoms with E-state index in [-0.39, 0.29) is 0 Å². The topological polar surface area (TPSA) is 35.2 Å². The molecule has 2 N–H and O–H groups in total. The van der Waals surface area contributed by atoms with Gasteiger partial charge >= 0.3 is 0 Å². The van der Waals surface area contributed by atoms with Crippen LogP contribution >= 0.6 is 23.2 Å². The van der Waals surface area contributed by atoms with Crippen LogP contribution in [0.2, 0.25) is 10.0 Å². The molecule has 17 heavy (non-hydrogen) atoms. The third kappa shape index (κ3) is 2.84. The third-order valence-corrected chi connectivity index (χ3v) is 2.73. The van der Waals surface area contributed by atoms with Crippen LogP contribution in [0.3, 0.4) is 0 Å². The smallest absolute Gasteiger partial charge is 0.153 e. The number of anilines is 1. The first-order valence-corrected chi connectivity index (χ1v) is 5.81. The van der Waals surface area contributed by atoms with Crippen LogP contribution in [0.1, 0.15) is 5.56 Å². The molecule has 2 aromatic carbocycles. The minimum absolute atomic E-state index is 0.527. The van der Waals surface area contributed by atoms with Crippen LogP contribution in [-0.2, 0) is 0 Å². The summed E-state index contributed by atoms with van der Waals surface area (Å²) in [5, 5.41) is 1.05. The van der Waals surface area contributed by atoms with Crippen molar-refractivity contribution < 1.29 is 4.74 Å². The van der Waals surface area contributed by atoms with Crippen molar-refractivity contribution in [2.45, 2.75) is 6.92 Å². The minimum Gasteiger partial charge on any atom is -0.455 e. The summed E-state index contributed by atoms with van der Waals surface area (Å²) in [5.41, 5.74) is 7.40. The molecular weight excluding hydrogens is 257 g/mol. The van der Waals surface area contributed by atoms with Gasteiger partial charge in [-0.05, 0) is 36.8 Å². The van der Waals surface area contributed by atoms with Crippen molar-refractivity contribution in [3.05, 3.63) is 52.0 Å². The molecule has 0 amide bonds. The first-order chi connectivity index (χ1) is 8.06. The molecule has 0 saturated carbocycles. The first kappa shape index (κ1) is 12.1. The van der Waals surface area contributed by atoms with Gasteiger partial charge in [0.25, 0.3) is 0 Å². The average molecular weight is 268 g/mol. The summed E-state index contributed by atoms with van der Waals surface area (Å²) in [4.78, 5) is 0. The highest BCUT2D eigenvalue weighted by molar-refractivity contribution is 6.34. The van der Waals surface area contributed by atoms with Crippen LogP contribution in [0, 0.1) is 6.92 Å². The van der Waals surface area contributed by atoms with Gasteiger partial charge in [-0.1, -0.05) is 35.3 Å². The van der Waals surface area contributed by atoms with Gasteiger partial charge in [0.1, 0.15) is 5.75 Å². The van der Waals surface area contributed by atoms with Crippen molar-refractivity contribution in [2.24, 2.45) is 0 Å². The highest BCUT2D eigenvalue weighted by atomic mass is 35.5. The molecule has 0 bridgehead atoms. The second kappa shape index (κ2) is 4.86. The van der Waals surface area contributed by atoms with Gasteiger partial charge in [0.05, 0.1) is 5.69 Å². The Labute approximate surface area is 110 Å². The van der Waals surface area contributed by atoms with Crippen LogP contribution in [-0.4, -0.2) is 0 Å². The summed E-state index contributed by atoms with van der Waals surface area (Å²) >= 11 is 11.8. The van der Waals surface area contributed by atoms with Crippen LogP contribution < -0.4 is 10.5 Å². The highest BCUT2D eigenvalue weighted by Crippen LogP contribution is 2.33. The summed E-state index contributed by atoms with van der Waals surface area (Å²) in [5.74, 6) is 1.20. The predicted octanol–water partition coefficient (Wildman–Crippen LogP) is 4.68. The third-order valence-electron chi connectivity index (χ3n) is 2.30. The molecule has 2 rings (SSSR count). The summed E-state index contributed by atoms with van der Waals surface area (Å²) in [6.45, 7) is 1.93. The fourth-order valence-corrected chi connectivity index (χ4v) is 2.03. The molecule has 0 unspecified atom stereocenters. The lowest BCUT2D eigenvalue weighted by atomic mass is 10.2. The molecule has 0 aliphatic rings. The van der Waals surface area contributed by atoms with E-state index in [1.54, 1.807) is 24.3 Å². The van der Waals surface area contributed by atoms with Crippen molar-refractivity contribution in [3.8, 4) is 11.5 Å². The SMILES string of the molecule is Cc1cccc(N)c1Oc1cc(Cl)cc(Cl)c1. The quantitative estimate of drug-likeness (QED) is 0.803. The van der Waals surface area contributed by atoms with Crippen LogP contribution in [0.25, 0.3) is 0 Å². The Morgan fingerprint density at radius 3 is 2.29 bits per heavy atom. The molecule has 2 nitrogen and oxygen atoms in total. The van der Waals surface area contributed by atoms with Crippen molar-refractivity contribution in [3.63, 3.8) is 0 Å². The maximum Gasteiger partial charge on any atom is 0.153 e. The van der Waals surface area contributed by atoms with Crippen molar-refractivity contribution >= 4 is 28.9 Å². The number of ether oxygens (including phenoxy) is 1. The van der Waals surface area contributed by atoms with E-state index >= 15 is 0 Å². The largest absolute Gasteiger partial charge is 0.455 e. The molecule has 2 aromatic rings. The molecule has 0 saturated heterocycles. The zero-order valence-electron chi connectivity index (χ0n) is 9.21. The van der Waals surface area contributed by atoms with Crippen LogP contribution in [0.4, 0.5) is 5.69 Å². The van der Waals surface area contributed by atoms with E-state index in [9.17, 15) is 0 Å². The number of rotatable bonds is 2. The normalized spacial score (nSPS) is 10.3. The Kier molecular flexibility index (Phi) is 3.46. The Balaban J connectivity index is 2.38. The number of hydrogen-bond donors (Lipinski definition) is 1. The lowest BCUT2D eigenvalue weighted by Gasteiger charge is -2.11. The van der Waals surface area contributed by atoms with Gasteiger partial charge in [0, 0.05) is 10.0 Å². The highest BCUT2D eigenvalue weighted by Gasteiger charge is 2.06. The molecule has 0 fully saturated rings. The van der Waals surface area contributed by atoms with E-state index in [2.05, 4.69) is 0 Å². The summed E-state index contributed by atoms with van der Waals surface area (Å²) < 4.78 is 5.71. The van der Waals surface area contributed by atoms with Crippen molar-refractivity contribution in [2.75, 3.05) is 5.73 Å². The fraction of sp³-hybridized carbons (Fsp3) is 0.0769. The zero-order chi connectivity index (χ0) is 12.4. The molecule has 0 heterocycles. The van der Waals surface area contributed by atoms with Gasteiger partial charge < -0.3 is 10.5 Å². The Morgan fingerprint density at radius 1 is 1.06 bits per heavy atom. The molecule has 4 heteroatoms. The summed E-state index contributed by atoms with van der Waals surface area (Å²) in [6.07, 6.45) is 0. The molecular formula is C13H11Cl2NO. The van der Waals surface area contributed by atoms with E-state index in [0.29, 0.717) is 27.2 Å². The van der Waals surface area contributed by atoms with Crippen molar-refractivity contribution in [1.29, 1.82) is 0 Å². The number of para-hydroxylation sites is 1. The molecule has 0 aromatic heterocycles. The van der Waals surface area contributed by atoms with Gasteiger partial charge in [0.15, 0.2) is 5.75 Å². The zero-order valence-corrected chi connectivity index (χ0v) is 10.7. The molecule has 0 aliphatic carbocycles. The monoisotopic (exact) mass is 267 g/mol. The average Bonchev–Trinajstić information content (AvgIpc) is 2.22. The van der Waals surface area contributed by atoms with Gasteiger partial charge in [-0.2, -0.15) is 0 Å². The lowest BCUT2D eigenvalue weighted by Crippen LogP contribution is -1.94. The first-order valence-electron chi connectivity index (χ1n) is 5.05. The molecule has 0 aliphatic heterocycles. The lowest BCUT2D eigenvalue weighted by molar-refractivity contribution is 0.481. The maximum atomic E-state index is 5.90. The van der Waals surface area contributed by atoms with Crippen molar-refractivity contribution in [1.82, 2.24) is 0 Å². The Bertz CT molecular complexity index is 515. The second-order valence-corrected chi connectivity index (χ2v) is 4.57. The maximum absolute atomic E-state index is 5.90.